The third-order valence-electron chi connectivity index (χ3n) is 3.65. The zero-order valence-electron chi connectivity index (χ0n) is 12.9. The predicted molar refractivity (Wildman–Crippen MR) is 83.8 cm³/mol. The van der Waals surface area contributed by atoms with Gasteiger partial charge >= 0.3 is 0 Å². The second kappa shape index (κ2) is 6.25. The Hall–Kier alpha value is -3.00. The van der Waals surface area contributed by atoms with E-state index in [-0.39, 0.29) is 18.8 Å². The van der Waals surface area contributed by atoms with Gasteiger partial charge in [-0.3, -0.25) is 14.5 Å². The molecular weight excluding hydrogens is 315 g/mol. The van der Waals surface area contributed by atoms with Crippen LogP contribution in [0.3, 0.4) is 0 Å². The number of aryl methyl sites for hydroxylation is 1. The van der Waals surface area contributed by atoms with Gasteiger partial charge in [-0.05, 0) is 25.1 Å². The molecule has 8 heteroatoms. The van der Waals surface area contributed by atoms with Gasteiger partial charge in [-0.15, -0.1) is 0 Å². The van der Waals surface area contributed by atoms with E-state index in [2.05, 4.69) is 10.3 Å². The van der Waals surface area contributed by atoms with Crippen LogP contribution < -0.4 is 5.32 Å². The first kappa shape index (κ1) is 15.9. The third-order valence-corrected chi connectivity index (χ3v) is 3.65. The highest BCUT2D eigenvalue weighted by Gasteiger charge is 2.31. The summed E-state index contributed by atoms with van der Waals surface area (Å²) >= 11 is 0. The molecule has 1 aromatic carbocycles. The average molecular weight is 330 g/mol. The molecule has 2 aromatic rings. The van der Waals surface area contributed by atoms with Crippen LogP contribution in [0.2, 0.25) is 0 Å². The number of nitrogens with zero attached hydrogens (tertiary/aromatic N) is 3. The molecule has 2 heterocycles. The van der Waals surface area contributed by atoms with E-state index in [0.717, 1.165) is 11.0 Å². The molecule has 0 saturated carbocycles. The molecule has 0 unspecified atom stereocenters. The number of amides is 2. The molecule has 124 valence electrons. The lowest BCUT2D eigenvalue weighted by Gasteiger charge is -2.16. The van der Waals surface area contributed by atoms with Crippen LogP contribution in [-0.2, 0) is 9.59 Å². The molecule has 1 aromatic heterocycles. The first-order valence-electron chi connectivity index (χ1n) is 7.26. The predicted octanol–water partition coefficient (Wildman–Crippen LogP) is 0.977. The van der Waals surface area contributed by atoms with Gasteiger partial charge < -0.3 is 15.0 Å². The smallest absolute Gasteiger partial charge is 0.277 e. The maximum Gasteiger partial charge on any atom is 0.277 e. The van der Waals surface area contributed by atoms with Gasteiger partial charge in [0, 0.05) is 18.5 Å². The van der Waals surface area contributed by atoms with E-state index in [1.54, 1.807) is 30.0 Å². The molecule has 0 bridgehead atoms. The van der Waals surface area contributed by atoms with E-state index < -0.39 is 17.6 Å². The lowest BCUT2D eigenvalue weighted by molar-refractivity contribution is -0.137. The summed E-state index contributed by atoms with van der Waals surface area (Å²) in [6.45, 7) is 1.38. The normalized spacial score (nSPS) is 14.3. The molecule has 0 atom stereocenters. The van der Waals surface area contributed by atoms with Gasteiger partial charge in [-0.1, -0.05) is 0 Å². The molecule has 2 amide bonds. The van der Waals surface area contributed by atoms with Crippen molar-refractivity contribution in [3.63, 3.8) is 0 Å². The van der Waals surface area contributed by atoms with Gasteiger partial charge in [0.05, 0.1) is 24.5 Å². The molecule has 1 aliphatic heterocycles. The van der Waals surface area contributed by atoms with Crippen LogP contribution in [0.1, 0.15) is 5.82 Å². The number of nitrogens with one attached hydrogen (secondary N) is 1. The second-order valence-electron chi connectivity index (χ2n) is 5.21. The summed E-state index contributed by atoms with van der Waals surface area (Å²) in [7, 11) is 0. The van der Waals surface area contributed by atoms with Crippen molar-refractivity contribution in [1.82, 2.24) is 14.5 Å². The summed E-state index contributed by atoms with van der Waals surface area (Å²) in [5.74, 6) is -0.877. The lowest BCUT2D eigenvalue weighted by atomic mass is 10.2. The van der Waals surface area contributed by atoms with Crippen molar-refractivity contribution in [3.8, 4) is 5.69 Å². The van der Waals surface area contributed by atoms with Crippen LogP contribution in [0.15, 0.2) is 42.4 Å². The molecule has 7 nitrogen and oxygen atoms in total. The Morgan fingerprint density at radius 1 is 1.33 bits per heavy atom. The fourth-order valence-electron chi connectivity index (χ4n) is 2.51. The zero-order chi connectivity index (χ0) is 17.3. The Morgan fingerprint density at radius 2 is 2.12 bits per heavy atom. The minimum absolute atomic E-state index is 0.0260. The Bertz CT molecular complexity index is 844. The molecular formula is C16H15FN4O3. The minimum Gasteiger partial charge on any atom is -0.395 e. The highest BCUT2D eigenvalue weighted by atomic mass is 19.1. The number of halogens is 1. The van der Waals surface area contributed by atoms with E-state index in [0.29, 0.717) is 17.2 Å². The summed E-state index contributed by atoms with van der Waals surface area (Å²) in [6.07, 6.45) is 4.45. The largest absolute Gasteiger partial charge is 0.395 e. The van der Waals surface area contributed by atoms with Gasteiger partial charge in [0.15, 0.2) is 0 Å². The Labute approximate surface area is 137 Å². The molecule has 3 rings (SSSR count). The van der Waals surface area contributed by atoms with Crippen molar-refractivity contribution in [2.75, 3.05) is 18.5 Å². The quantitative estimate of drug-likeness (QED) is 0.798. The third kappa shape index (κ3) is 2.79. The molecule has 0 saturated heterocycles. The molecule has 0 spiro atoms. The van der Waals surface area contributed by atoms with Crippen molar-refractivity contribution >= 4 is 17.5 Å². The van der Waals surface area contributed by atoms with Gasteiger partial charge in [-0.25, -0.2) is 9.37 Å². The number of aromatic nitrogens is 2. The number of carbonyl (C=O) groups is 2. The zero-order valence-corrected chi connectivity index (χ0v) is 12.9. The molecule has 0 radical (unpaired) electrons. The van der Waals surface area contributed by atoms with Gasteiger partial charge in [0.2, 0.25) is 0 Å². The van der Waals surface area contributed by atoms with Gasteiger partial charge in [-0.2, -0.15) is 0 Å². The maximum atomic E-state index is 13.7. The number of imide groups is 1. The number of hydrogen-bond donors (Lipinski definition) is 2. The Balaban J connectivity index is 1.95. The van der Waals surface area contributed by atoms with Crippen LogP contribution in [-0.4, -0.2) is 44.5 Å². The van der Waals surface area contributed by atoms with Crippen molar-refractivity contribution in [2.24, 2.45) is 0 Å². The fourth-order valence-corrected chi connectivity index (χ4v) is 2.51. The Morgan fingerprint density at radius 3 is 2.79 bits per heavy atom. The number of rotatable bonds is 5. The molecule has 1 aliphatic rings. The molecule has 2 N–H and O–H groups in total. The summed E-state index contributed by atoms with van der Waals surface area (Å²) in [6, 6.07) is 4.09. The minimum atomic E-state index is -0.563. The number of hydrogen-bond acceptors (Lipinski definition) is 5. The number of β-amino-alcohol motifs (C(OH)–C–C–N with tert-alkyl or cyclic N) is 1. The molecule has 0 aliphatic carbocycles. The van der Waals surface area contributed by atoms with Crippen LogP contribution in [0, 0.1) is 12.7 Å². The van der Waals surface area contributed by atoms with Gasteiger partial charge in [0.25, 0.3) is 11.8 Å². The maximum absolute atomic E-state index is 13.7. The second-order valence-corrected chi connectivity index (χ2v) is 5.21. The van der Waals surface area contributed by atoms with Crippen LogP contribution in [0.25, 0.3) is 5.69 Å². The molecule has 24 heavy (non-hydrogen) atoms. The summed E-state index contributed by atoms with van der Waals surface area (Å²) < 4.78 is 15.4. The molecule has 0 fully saturated rings. The lowest BCUT2D eigenvalue weighted by Crippen LogP contribution is -2.34. The van der Waals surface area contributed by atoms with Gasteiger partial charge in [0.1, 0.15) is 17.3 Å². The summed E-state index contributed by atoms with van der Waals surface area (Å²) in [5.41, 5.74) is 0.945. The van der Waals surface area contributed by atoms with E-state index >= 15 is 0 Å². The van der Waals surface area contributed by atoms with Crippen LogP contribution >= 0.6 is 0 Å². The average Bonchev–Trinajstić information content (AvgIpc) is 3.07. The van der Waals surface area contributed by atoms with E-state index in [9.17, 15) is 14.0 Å². The highest BCUT2D eigenvalue weighted by Crippen LogP contribution is 2.26. The number of imidazole rings is 1. The van der Waals surface area contributed by atoms with E-state index in [1.165, 1.54) is 12.1 Å². The number of carbonyl (C=O) groups excluding carboxylic acids is 2. The van der Waals surface area contributed by atoms with Crippen molar-refractivity contribution < 1.29 is 19.1 Å². The van der Waals surface area contributed by atoms with Crippen LogP contribution in [0.4, 0.5) is 10.1 Å². The number of anilines is 1. The number of benzene rings is 1. The van der Waals surface area contributed by atoms with Crippen molar-refractivity contribution in [2.45, 2.75) is 6.92 Å². The standard InChI is InChI=1S/C16H15FN4O3/c1-10-18-4-5-20(10)14-3-2-11(17)8-12(14)19-13-9-15(23)21(6-7-22)16(13)24/h2-5,8-9,19,22H,6-7H2,1H3. The van der Waals surface area contributed by atoms with Crippen molar-refractivity contribution in [3.05, 3.63) is 54.0 Å². The number of aliphatic hydroxyl groups is 1. The first-order valence-corrected chi connectivity index (χ1v) is 7.26. The summed E-state index contributed by atoms with van der Waals surface area (Å²) in [4.78, 5) is 29.1. The van der Waals surface area contributed by atoms with E-state index in [1.807, 2.05) is 0 Å². The fraction of sp³-hybridized carbons (Fsp3) is 0.188. The Kier molecular flexibility index (Phi) is 4.13. The topological polar surface area (TPSA) is 87.5 Å². The van der Waals surface area contributed by atoms with E-state index in [4.69, 9.17) is 5.11 Å². The summed E-state index contributed by atoms with van der Waals surface area (Å²) in [5, 5.41) is 11.7. The van der Waals surface area contributed by atoms with Crippen LogP contribution in [0.5, 0.6) is 0 Å². The van der Waals surface area contributed by atoms with Crippen molar-refractivity contribution in [1.29, 1.82) is 0 Å². The monoisotopic (exact) mass is 330 g/mol. The SMILES string of the molecule is Cc1nccn1-c1ccc(F)cc1NC1=CC(=O)N(CCO)C1=O. The highest BCUT2D eigenvalue weighted by molar-refractivity contribution is 6.17. The first-order chi connectivity index (χ1) is 11.5. The number of aliphatic hydroxyl groups excluding tert-OH is 1.